The molecule has 0 aromatic heterocycles. The van der Waals surface area contributed by atoms with E-state index in [2.05, 4.69) is 10.1 Å². The molecule has 1 unspecified atom stereocenters. The predicted octanol–water partition coefficient (Wildman–Crippen LogP) is 2.84. The van der Waals surface area contributed by atoms with E-state index >= 15 is 0 Å². The highest BCUT2D eigenvalue weighted by molar-refractivity contribution is 5.95. The summed E-state index contributed by atoms with van der Waals surface area (Å²) in [6.45, 7) is 2.13. The number of hydrogen-bond acceptors (Lipinski definition) is 6. The molecule has 0 saturated carbocycles. The average molecular weight is 330 g/mol. The second kappa shape index (κ2) is 7.56. The largest absolute Gasteiger partial charge is 0.465 e. The number of anilines is 1. The summed E-state index contributed by atoms with van der Waals surface area (Å²) in [6, 6.07) is 11.5. The van der Waals surface area contributed by atoms with Crippen LogP contribution in [0.25, 0.3) is 0 Å². The van der Waals surface area contributed by atoms with Crippen LogP contribution in [0.2, 0.25) is 0 Å². The molecule has 0 fully saturated rings. The summed E-state index contributed by atoms with van der Waals surface area (Å²) in [6.07, 6.45) is -0.748. The minimum absolute atomic E-state index is 0.141. The first-order valence-electron chi connectivity index (χ1n) is 7.27. The van der Waals surface area contributed by atoms with E-state index in [4.69, 9.17) is 0 Å². The fourth-order valence-electron chi connectivity index (χ4n) is 2.29. The molecule has 0 saturated heterocycles. The van der Waals surface area contributed by atoms with Crippen molar-refractivity contribution in [3.8, 4) is 0 Å². The lowest BCUT2D eigenvalue weighted by Gasteiger charge is -2.14. The molecule has 7 nitrogen and oxygen atoms in total. The number of carbonyl (C=O) groups excluding carboxylic acids is 1. The van der Waals surface area contributed by atoms with E-state index in [0.29, 0.717) is 5.69 Å². The lowest BCUT2D eigenvalue weighted by molar-refractivity contribution is -0.385. The molecule has 0 aliphatic rings. The number of rotatable bonds is 6. The topological polar surface area (TPSA) is 102 Å². The fraction of sp³-hybridized carbons (Fsp3) is 0.235. The molecule has 2 rings (SSSR count). The highest BCUT2D eigenvalue weighted by atomic mass is 16.6. The summed E-state index contributed by atoms with van der Waals surface area (Å²) >= 11 is 0. The van der Waals surface area contributed by atoms with Gasteiger partial charge in [0.15, 0.2) is 0 Å². The zero-order chi connectivity index (χ0) is 17.7. The van der Waals surface area contributed by atoms with Gasteiger partial charge >= 0.3 is 5.97 Å². The van der Waals surface area contributed by atoms with E-state index in [9.17, 15) is 20.0 Å². The minimum atomic E-state index is -0.787. The molecule has 126 valence electrons. The van der Waals surface area contributed by atoms with Gasteiger partial charge in [0.2, 0.25) is 0 Å². The molecule has 0 aliphatic heterocycles. The number of benzene rings is 2. The minimum Gasteiger partial charge on any atom is -0.465 e. The third-order valence-electron chi connectivity index (χ3n) is 3.52. The molecule has 0 aliphatic carbocycles. The molecule has 0 amide bonds. The molecule has 24 heavy (non-hydrogen) atoms. The summed E-state index contributed by atoms with van der Waals surface area (Å²) in [4.78, 5) is 22.0. The molecule has 0 heterocycles. The Balaban J connectivity index is 2.15. The first-order valence-corrected chi connectivity index (χ1v) is 7.27. The van der Waals surface area contributed by atoms with Crippen LogP contribution in [0.3, 0.4) is 0 Å². The van der Waals surface area contributed by atoms with Crippen molar-refractivity contribution in [2.45, 2.75) is 13.0 Å². The fourth-order valence-corrected chi connectivity index (χ4v) is 2.29. The third kappa shape index (κ3) is 4.08. The number of aryl methyl sites for hydroxylation is 1. The van der Waals surface area contributed by atoms with Gasteiger partial charge in [-0.2, -0.15) is 0 Å². The summed E-state index contributed by atoms with van der Waals surface area (Å²) in [5.74, 6) is -0.787. The summed E-state index contributed by atoms with van der Waals surface area (Å²) < 4.78 is 4.57. The van der Waals surface area contributed by atoms with Crippen LogP contribution in [0.4, 0.5) is 11.4 Å². The smallest absolute Gasteiger partial charge is 0.344 e. The van der Waals surface area contributed by atoms with Crippen molar-refractivity contribution in [1.29, 1.82) is 0 Å². The number of hydrogen-bond donors (Lipinski definition) is 2. The lowest BCUT2D eigenvalue weighted by Crippen LogP contribution is -2.13. The zero-order valence-corrected chi connectivity index (χ0v) is 13.4. The Labute approximate surface area is 139 Å². The van der Waals surface area contributed by atoms with E-state index in [0.717, 1.165) is 18.2 Å². The molecule has 0 spiro atoms. The van der Waals surface area contributed by atoms with Crippen molar-refractivity contribution in [2.24, 2.45) is 0 Å². The van der Waals surface area contributed by atoms with E-state index in [1.54, 1.807) is 0 Å². The van der Waals surface area contributed by atoms with E-state index in [1.807, 2.05) is 31.2 Å². The monoisotopic (exact) mass is 330 g/mol. The molecule has 0 radical (unpaired) electrons. The Hall–Kier alpha value is -2.93. The molecular weight excluding hydrogens is 312 g/mol. The molecule has 7 heteroatoms. The van der Waals surface area contributed by atoms with Gasteiger partial charge in [-0.3, -0.25) is 10.1 Å². The van der Waals surface area contributed by atoms with Crippen LogP contribution in [0.15, 0.2) is 42.5 Å². The number of esters is 1. The molecule has 2 N–H and O–H groups in total. The first-order chi connectivity index (χ1) is 11.4. The Morgan fingerprint density at radius 1 is 1.33 bits per heavy atom. The lowest BCUT2D eigenvalue weighted by atomic mass is 10.1. The highest BCUT2D eigenvalue weighted by Gasteiger charge is 2.21. The van der Waals surface area contributed by atoms with Gasteiger partial charge in [0, 0.05) is 18.3 Å². The number of nitro benzene ring substituents is 1. The van der Waals surface area contributed by atoms with Crippen molar-refractivity contribution in [1.82, 2.24) is 0 Å². The average Bonchev–Trinajstić information content (AvgIpc) is 2.58. The zero-order valence-electron chi connectivity index (χ0n) is 13.4. The Morgan fingerprint density at radius 2 is 2.08 bits per heavy atom. The van der Waals surface area contributed by atoms with Gasteiger partial charge < -0.3 is 15.2 Å². The van der Waals surface area contributed by atoms with Crippen LogP contribution >= 0.6 is 0 Å². The van der Waals surface area contributed by atoms with Crippen molar-refractivity contribution >= 4 is 17.3 Å². The number of nitrogens with zero attached hydrogens (tertiary/aromatic N) is 1. The summed E-state index contributed by atoms with van der Waals surface area (Å²) in [5.41, 5.74) is 1.81. The van der Waals surface area contributed by atoms with Crippen LogP contribution < -0.4 is 5.32 Å². The SMILES string of the molecule is COC(=O)c1cc(NCC(O)c2cccc(C)c2)ccc1[N+](=O)[O-]. The number of aliphatic hydroxyl groups is 1. The molecule has 0 bridgehead atoms. The number of methoxy groups -OCH3 is 1. The van der Waals surface area contributed by atoms with Gasteiger partial charge in [-0.15, -0.1) is 0 Å². The van der Waals surface area contributed by atoms with Gasteiger partial charge in [0.25, 0.3) is 5.69 Å². The Bertz CT molecular complexity index is 760. The van der Waals surface area contributed by atoms with Crippen molar-refractivity contribution < 1.29 is 19.6 Å². The number of nitrogens with one attached hydrogen (secondary N) is 1. The summed E-state index contributed by atoms with van der Waals surface area (Å²) in [7, 11) is 1.16. The predicted molar refractivity (Wildman–Crippen MR) is 89.1 cm³/mol. The molecule has 2 aromatic rings. The Morgan fingerprint density at radius 3 is 2.71 bits per heavy atom. The van der Waals surface area contributed by atoms with E-state index in [-0.39, 0.29) is 17.8 Å². The van der Waals surface area contributed by atoms with Crippen LogP contribution in [-0.2, 0) is 4.74 Å². The number of ether oxygens (including phenoxy) is 1. The molecular formula is C17H18N2O5. The maximum Gasteiger partial charge on any atom is 0.344 e. The second-order valence-corrected chi connectivity index (χ2v) is 5.29. The van der Waals surface area contributed by atoms with Gasteiger partial charge in [0.05, 0.1) is 18.1 Å². The van der Waals surface area contributed by atoms with Crippen LogP contribution in [0, 0.1) is 17.0 Å². The quantitative estimate of drug-likeness (QED) is 0.480. The van der Waals surface area contributed by atoms with Crippen molar-refractivity contribution in [2.75, 3.05) is 19.0 Å². The van der Waals surface area contributed by atoms with Gasteiger partial charge in [-0.1, -0.05) is 29.8 Å². The molecule has 2 aromatic carbocycles. The van der Waals surface area contributed by atoms with E-state index in [1.165, 1.54) is 18.2 Å². The Kier molecular flexibility index (Phi) is 5.49. The summed E-state index contributed by atoms with van der Waals surface area (Å²) in [5, 5.41) is 24.2. The highest BCUT2D eigenvalue weighted by Crippen LogP contribution is 2.24. The van der Waals surface area contributed by atoms with Crippen molar-refractivity contribution in [3.63, 3.8) is 0 Å². The first kappa shape index (κ1) is 17.4. The maximum atomic E-state index is 11.7. The van der Waals surface area contributed by atoms with Crippen molar-refractivity contribution in [3.05, 3.63) is 69.3 Å². The van der Waals surface area contributed by atoms with Gasteiger partial charge in [-0.05, 0) is 24.6 Å². The normalized spacial score (nSPS) is 11.6. The van der Waals surface area contributed by atoms with Crippen LogP contribution in [-0.4, -0.2) is 29.7 Å². The van der Waals surface area contributed by atoms with Gasteiger partial charge in [0.1, 0.15) is 5.56 Å². The third-order valence-corrected chi connectivity index (χ3v) is 3.52. The van der Waals surface area contributed by atoms with E-state index < -0.39 is 17.0 Å². The molecule has 1 atom stereocenters. The van der Waals surface area contributed by atoms with Gasteiger partial charge in [-0.25, -0.2) is 4.79 Å². The van der Waals surface area contributed by atoms with Crippen LogP contribution in [0.5, 0.6) is 0 Å². The number of aliphatic hydroxyl groups excluding tert-OH is 1. The standard InChI is InChI=1S/C17H18N2O5/c1-11-4-3-5-12(8-11)16(20)10-18-13-6-7-15(19(22)23)14(9-13)17(21)24-2/h3-9,16,18,20H,10H2,1-2H3. The second-order valence-electron chi connectivity index (χ2n) is 5.29. The van der Waals surface area contributed by atoms with Crippen LogP contribution in [0.1, 0.15) is 27.6 Å². The maximum absolute atomic E-state index is 11.7. The number of carbonyl (C=O) groups is 1. The number of nitro groups is 1.